The minimum atomic E-state index is -4.46. The maximum atomic E-state index is 12.3. The zero-order chi connectivity index (χ0) is 11.5. The van der Waals surface area contributed by atoms with Crippen LogP contribution in [0, 0.1) is 0 Å². The molecule has 0 bridgehead atoms. The number of alkyl halides is 3. The van der Waals surface area contributed by atoms with E-state index in [1.165, 1.54) is 6.08 Å². The van der Waals surface area contributed by atoms with Crippen molar-refractivity contribution in [2.75, 3.05) is 17.6 Å². The van der Waals surface area contributed by atoms with Crippen molar-refractivity contribution < 1.29 is 13.2 Å². The second kappa shape index (κ2) is 4.20. The first-order chi connectivity index (χ1) is 6.95. The summed E-state index contributed by atoms with van der Waals surface area (Å²) in [4.78, 5) is 3.20. The molecule has 3 N–H and O–H groups in total. The van der Waals surface area contributed by atoms with Crippen molar-refractivity contribution >= 4 is 11.4 Å². The van der Waals surface area contributed by atoms with Crippen LogP contribution < -0.4 is 11.1 Å². The van der Waals surface area contributed by atoms with Gasteiger partial charge in [-0.05, 0) is 6.07 Å². The largest absolute Gasteiger partial charge is 0.433 e. The molecular formula is C9H10F3N3. The van der Waals surface area contributed by atoms with Crippen LogP contribution in [0.25, 0.3) is 0 Å². The summed E-state index contributed by atoms with van der Waals surface area (Å²) in [5.74, 6) is 0. The van der Waals surface area contributed by atoms with Gasteiger partial charge in [0.1, 0.15) is 5.69 Å². The average Bonchev–Trinajstić information content (AvgIpc) is 2.15. The SMILES string of the molecule is C=CCNc1cc(C(F)(F)F)ncc1N. The van der Waals surface area contributed by atoms with Crippen LogP contribution in [0.2, 0.25) is 0 Å². The van der Waals surface area contributed by atoms with Crippen molar-refractivity contribution in [1.29, 1.82) is 0 Å². The van der Waals surface area contributed by atoms with Crippen LogP contribution in [0.3, 0.4) is 0 Å². The molecule has 1 aromatic heterocycles. The fourth-order valence-corrected chi connectivity index (χ4v) is 0.956. The molecule has 1 heterocycles. The average molecular weight is 217 g/mol. The molecule has 0 atom stereocenters. The van der Waals surface area contributed by atoms with Crippen LogP contribution in [0.1, 0.15) is 5.69 Å². The minimum absolute atomic E-state index is 0.171. The van der Waals surface area contributed by atoms with Gasteiger partial charge in [0.05, 0.1) is 17.6 Å². The molecule has 0 radical (unpaired) electrons. The number of aromatic nitrogens is 1. The molecule has 0 aliphatic heterocycles. The van der Waals surface area contributed by atoms with Crippen molar-refractivity contribution in [3.8, 4) is 0 Å². The third kappa shape index (κ3) is 2.87. The van der Waals surface area contributed by atoms with Gasteiger partial charge in [0.2, 0.25) is 0 Å². The molecule has 0 aromatic carbocycles. The number of nitrogens with two attached hydrogens (primary N) is 1. The highest BCUT2D eigenvalue weighted by Gasteiger charge is 2.32. The molecule has 82 valence electrons. The lowest BCUT2D eigenvalue weighted by Gasteiger charge is -2.10. The number of anilines is 2. The summed E-state index contributed by atoms with van der Waals surface area (Å²) in [5, 5.41) is 2.69. The Kier molecular flexibility index (Phi) is 3.18. The third-order valence-electron chi connectivity index (χ3n) is 1.66. The second-order valence-corrected chi connectivity index (χ2v) is 2.82. The van der Waals surface area contributed by atoms with E-state index < -0.39 is 11.9 Å². The maximum absolute atomic E-state index is 12.3. The summed E-state index contributed by atoms with van der Waals surface area (Å²) in [6.07, 6.45) is -1.96. The number of hydrogen-bond donors (Lipinski definition) is 2. The fourth-order valence-electron chi connectivity index (χ4n) is 0.956. The fraction of sp³-hybridized carbons (Fsp3) is 0.222. The summed E-state index contributed by atoms with van der Waals surface area (Å²) in [6, 6.07) is 0.874. The molecule has 0 amide bonds. The zero-order valence-corrected chi connectivity index (χ0v) is 7.80. The van der Waals surface area contributed by atoms with Crippen molar-refractivity contribution in [3.05, 3.63) is 30.6 Å². The molecule has 15 heavy (non-hydrogen) atoms. The number of nitrogen functional groups attached to an aromatic ring is 1. The van der Waals surface area contributed by atoms with Gasteiger partial charge in [-0.2, -0.15) is 13.2 Å². The van der Waals surface area contributed by atoms with Crippen molar-refractivity contribution in [2.24, 2.45) is 0 Å². The maximum Gasteiger partial charge on any atom is 0.433 e. The predicted molar refractivity (Wildman–Crippen MR) is 52.3 cm³/mol. The monoisotopic (exact) mass is 217 g/mol. The summed E-state index contributed by atoms with van der Waals surface area (Å²) in [5.41, 5.74) is 4.85. The Morgan fingerprint density at radius 2 is 2.20 bits per heavy atom. The van der Waals surface area contributed by atoms with Crippen LogP contribution in [0.15, 0.2) is 24.9 Å². The van der Waals surface area contributed by atoms with Gasteiger partial charge in [-0.25, -0.2) is 4.98 Å². The number of nitrogens with zero attached hydrogens (tertiary/aromatic N) is 1. The molecule has 0 spiro atoms. The first kappa shape index (κ1) is 11.4. The van der Waals surface area contributed by atoms with E-state index in [1.54, 1.807) is 0 Å². The van der Waals surface area contributed by atoms with Crippen LogP contribution in [0.4, 0.5) is 24.5 Å². The van der Waals surface area contributed by atoms with E-state index in [1.807, 2.05) is 0 Å². The molecule has 1 aromatic rings. The highest BCUT2D eigenvalue weighted by atomic mass is 19.4. The van der Waals surface area contributed by atoms with Gasteiger partial charge in [-0.3, -0.25) is 0 Å². The number of nitrogens with one attached hydrogen (secondary N) is 1. The Bertz CT molecular complexity index is 360. The normalized spacial score (nSPS) is 11.1. The quantitative estimate of drug-likeness (QED) is 0.763. The Labute approximate surface area is 84.8 Å². The summed E-state index contributed by atoms with van der Waals surface area (Å²) in [7, 11) is 0. The van der Waals surface area contributed by atoms with Crippen molar-refractivity contribution in [1.82, 2.24) is 4.98 Å². The van der Waals surface area contributed by atoms with E-state index in [-0.39, 0.29) is 11.4 Å². The van der Waals surface area contributed by atoms with E-state index in [9.17, 15) is 13.2 Å². The Hall–Kier alpha value is -1.72. The standard InChI is InChI=1S/C9H10F3N3/c1-2-3-14-7-4-8(9(10,11)12)15-5-6(7)13/h2,4-5H,1,3,13H2,(H,14,15). The number of pyridine rings is 1. The van der Waals surface area contributed by atoms with Gasteiger partial charge >= 0.3 is 6.18 Å². The van der Waals surface area contributed by atoms with Gasteiger partial charge in [-0.15, -0.1) is 6.58 Å². The summed E-state index contributed by atoms with van der Waals surface area (Å²) < 4.78 is 36.8. The number of halogens is 3. The predicted octanol–water partition coefficient (Wildman–Crippen LogP) is 2.28. The Morgan fingerprint density at radius 3 is 2.73 bits per heavy atom. The van der Waals surface area contributed by atoms with Crippen LogP contribution in [-0.4, -0.2) is 11.5 Å². The number of hydrogen-bond acceptors (Lipinski definition) is 3. The van der Waals surface area contributed by atoms with Gasteiger partial charge in [0, 0.05) is 6.54 Å². The zero-order valence-electron chi connectivity index (χ0n) is 7.80. The first-order valence-corrected chi connectivity index (χ1v) is 4.12. The van der Waals surface area contributed by atoms with E-state index >= 15 is 0 Å². The van der Waals surface area contributed by atoms with E-state index in [0.717, 1.165) is 12.3 Å². The molecule has 1 rings (SSSR count). The topological polar surface area (TPSA) is 50.9 Å². The van der Waals surface area contributed by atoms with E-state index in [2.05, 4.69) is 16.9 Å². The molecule has 0 unspecified atom stereocenters. The molecule has 0 fully saturated rings. The van der Waals surface area contributed by atoms with Crippen molar-refractivity contribution in [2.45, 2.75) is 6.18 Å². The summed E-state index contributed by atoms with van der Waals surface area (Å²) in [6.45, 7) is 3.77. The van der Waals surface area contributed by atoms with Gasteiger partial charge in [0.25, 0.3) is 0 Å². The van der Waals surface area contributed by atoms with Crippen LogP contribution in [-0.2, 0) is 6.18 Å². The number of rotatable bonds is 3. The Morgan fingerprint density at radius 1 is 1.53 bits per heavy atom. The lowest BCUT2D eigenvalue weighted by Crippen LogP contribution is -2.10. The third-order valence-corrected chi connectivity index (χ3v) is 1.66. The highest BCUT2D eigenvalue weighted by molar-refractivity contribution is 5.65. The van der Waals surface area contributed by atoms with E-state index in [0.29, 0.717) is 6.54 Å². The van der Waals surface area contributed by atoms with E-state index in [4.69, 9.17) is 5.73 Å². The highest BCUT2D eigenvalue weighted by Crippen LogP contribution is 2.30. The van der Waals surface area contributed by atoms with Crippen LogP contribution >= 0.6 is 0 Å². The molecule has 0 aliphatic rings. The smallest absolute Gasteiger partial charge is 0.396 e. The molecule has 0 saturated heterocycles. The Balaban J connectivity index is 3.00. The molecule has 6 heteroatoms. The first-order valence-electron chi connectivity index (χ1n) is 4.12. The lowest BCUT2D eigenvalue weighted by atomic mass is 10.2. The lowest BCUT2D eigenvalue weighted by molar-refractivity contribution is -0.141. The molecule has 0 aliphatic carbocycles. The van der Waals surface area contributed by atoms with Crippen LogP contribution in [0.5, 0.6) is 0 Å². The van der Waals surface area contributed by atoms with Crippen molar-refractivity contribution in [3.63, 3.8) is 0 Å². The van der Waals surface area contributed by atoms with Gasteiger partial charge in [-0.1, -0.05) is 6.08 Å². The molecule has 3 nitrogen and oxygen atoms in total. The molecular weight excluding hydrogens is 207 g/mol. The van der Waals surface area contributed by atoms with Gasteiger partial charge in [0.15, 0.2) is 0 Å². The second-order valence-electron chi connectivity index (χ2n) is 2.82. The summed E-state index contributed by atoms with van der Waals surface area (Å²) >= 11 is 0. The molecule has 0 saturated carbocycles. The van der Waals surface area contributed by atoms with Gasteiger partial charge < -0.3 is 11.1 Å². The minimum Gasteiger partial charge on any atom is -0.396 e.